The van der Waals surface area contributed by atoms with Gasteiger partial charge in [-0.1, -0.05) is 43.0 Å². The van der Waals surface area contributed by atoms with Crippen molar-refractivity contribution in [3.8, 4) is 5.69 Å². The van der Waals surface area contributed by atoms with Crippen LogP contribution in [-0.4, -0.2) is 35.1 Å². The largest absolute Gasteiger partial charge is 0.381 e. The highest BCUT2D eigenvalue weighted by Gasteiger charge is 2.19. The summed E-state index contributed by atoms with van der Waals surface area (Å²) in [4.78, 5) is 4.83. The number of benzene rings is 1. The van der Waals surface area contributed by atoms with E-state index in [1.54, 1.807) is 0 Å². The molecule has 1 aliphatic heterocycles. The van der Waals surface area contributed by atoms with E-state index in [-0.39, 0.29) is 6.29 Å². The number of anilines is 1. The fourth-order valence-electron chi connectivity index (χ4n) is 4.42. The molecule has 0 atom stereocenters. The smallest absolute Gasteiger partial charge is 0.177 e. The summed E-state index contributed by atoms with van der Waals surface area (Å²) in [5, 5.41) is 5.01. The Balaban J connectivity index is 1.54. The molecule has 3 aromatic rings. The molecule has 1 saturated heterocycles. The predicted molar refractivity (Wildman–Crippen MR) is 121 cm³/mol. The maximum absolute atomic E-state index is 5.57. The van der Waals surface area contributed by atoms with Crippen molar-refractivity contribution in [2.45, 2.75) is 51.4 Å². The van der Waals surface area contributed by atoms with E-state index in [2.05, 4.69) is 59.4 Å². The minimum Gasteiger partial charge on any atom is -0.381 e. The van der Waals surface area contributed by atoms with Crippen LogP contribution in [0.3, 0.4) is 0 Å². The molecule has 1 N–H and O–H groups in total. The number of nitrogens with one attached hydrogen (secondary N) is 1. The zero-order chi connectivity index (χ0) is 20.3. The molecule has 1 aromatic carbocycles. The molecular weight excluding hydrogens is 374 g/mol. The van der Waals surface area contributed by atoms with Crippen molar-refractivity contribution in [1.29, 1.82) is 0 Å². The fourth-order valence-corrected chi connectivity index (χ4v) is 4.42. The van der Waals surface area contributed by atoms with Gasteiger partial charge in [0.15, 0.2) is 6.29 Å². The first-order chi connectivity index (χ1) is 14.8. The van der Waals surface area contributed by atoms with Gasteiger partial charge in [-0.15, -0.1) is 0 Å². The number of pyridine rings is 1. The van der Waals surface area contributed by atoms with Gasteiger partial charge in [0.05, 0.1) is 18.9 Å². The van der Waals surface area contributed by atoms with E-state index in [0.29, 0.717) is 19.3 Å². The zero-order valence-electron chi connectivity index (χ0n) is 17.5. The Morgan fingerprint density at radius 3 is 2.57 bits per heavy atom. The van der Waals surface area contributed by atoms with Crippen LogP contribution < -0.4 is 5.32 Å². The van der Waals surface area contributed by atoms with E-state index in [0.717, 1.165) is 28.0 Å². The molecule has 5 heteroatoms. The summed E-state index contributed by atoms with van der Waals surface area (Å²) in [5.74, 6) is 0. The van der Waals surface area contributed by atoms with Crippen LogP contribution in [0.5, 0.6) is 0 Å². The van der Waals surface area contributed by atoms with Gasteiger partial charge in [0.2, 0.25) is 0 Å². The Morgan fingerprint density at radius 2 is 1.80 bits per heavy atom. The number of ether oxygens (including phenoxy) is 2. The summed E-state index contributed by atoms with van der Waals surface area (Å²) >= 11 is 0. The summed E-state index contributed by atoms with van der Waals surface area (Å²) in [6.45, 7) is 3.41. The van der Waals surface area contributed by atoms with Crippen LogP contribution in [0.2, 0.25) is 0 Å². The molecule has 30 heavy (non-hydrogen) atoms. The standard InChI is InChI=1S/C25H29N3O2/c1-18-7-10-21(11-8-18)28-14-13-22-24(27-20-5-3-2-4-6-20)19(17-26-25(22)28)9-12-23-29-15-16-30-23/h7-14,17,20,23H,2-6,15-16H2,1H3,(H,26,27)/b12-9-. The highest BCUT2D eigenvalue weighted by atomic mass is 16.7. The van der Waals surface area contributed by atoms with Crippen LogP contribution in [0.1, 0.15) is 43.2 Å². The Bertz CT molecular complexity index is 1030. The number of nitrogens with zero attached hydrogens (tertiary/aromatic N) is 2. The van der Waals surface area contributed by atoms with E-state index in [9.17, 15) is 0 Å². The second-order valence-corrected chi connectivity index (χ2v) is 8.30. The summed E-state index contributed by atoms with van der Waals surface area (Å²) in [6, 6.07) is 11.3. The molecule has 1 aliphatic carbocycles. The maximum Gasteiger partial charge on any atom is 0.177 e. The normalized spacial score (nSPS) is 18.6. The monoisotopic (exact) mass is 403 g/mol. The molecule has 2 aliphatic rings. The Labute approximate surface area is 177 Å². The van der Waals surface area contributed by atoms with Gasteiger partial charge in [0, 0.05) is 35.1 Å². The molecule has 0 bridgehead atoms. The molecule has 3 heterocycles. The van der Waals surface area contributed by atoms with E-state index in [1.165, 1.54) is 37.7 Å². The van der Waals surface area contributed by atoms with Crippen molar-refractivity contribution < 1.29 is 9.47 Å². The van der Waals surface area contributed by atoms with Gasteiger partial charge in [0.1, 0.15) is 5.65 Å². The summed E-state index contributed by atoms with van der Waals surface area (Å²) in [5.41, 5.74) is 5.60. The first-order valence-corrected chi connectivity index (χ1v) is 11.0. The quantitative estimate of drug-likeness (QED) is 0.614. The van der Waals surface area contributed by atoms with Gasteiger partial charge in [-0.05, 0) is 44.0 Å². The van der Waals surface area contributed by atoms with Crippen LogP contribution in [0.15, 0.2) is 48.8 Å². The minimum atomic E-state index is -0.264. The molecule has 0 unspecified atom stereocenters. The number of rotatable bonds is 5. The molecule has 2 aromatic heterocycles. The van der Waals surface area contributed by atoms with Gasteiger partial charge in [-0.2, -0.15) is 0 Å². The summed E-state index contributed by atoms with van der Waals surface area (Å²) in [7, 11) is 0. The van der Waals surface area contributed by atoms with Gasteiger partial charge < -0.3 is 19.4 Å². The Morgan fingerprint density at radius 1 is 1.03 bits per heavy atom. The Kier molecular flexibility index (Phi) is 5.56. The lowest BCUT2D eigenvalue weighted by molar-refractivity contribution is -0.000906. The van der Waals surface area contributed by atoms with E-state index < -0.39 is 0 Å². The first-order valence-electron chi connectivity index (χ1n) is 11.0. The molecule has 156 valence electrons. The van der Waals surface area contributed by atoms with E-state index in [1.807, 2.05) is 12.3 Å². The van der Waals surface area contributed by atoms with Crippen LogP contribution >= 0.6 is 0 Å². The third kappa shape index (κ3) is 4.00. The topological polar surface area (TPSA) is 48.3 Å². The minimum absolute atomic E-state index is 0.264. The van der Waals surface area contributed by atoms with Crippen molar-refractivity contribution in [3.63, 3.8) is 0 Å². The second-order valence-electron chi connectivity index (χ2n) is 8.30. The molecule has 5 nitrogen and oxygen atoms in total. The maximum atomic E-state index is 5.57. The molecular formula is C25H29N3O2. The van der Waals surface area contributed by atoms with Crippen molar-refractivity contribution in [2.24, 2.45) is 0 Å². The third-order valence-electron chi connectivity index (χ3n) is 6.09. The number of aryl methyl sites for hydroxylation is 1. The molecule has 2 fully saturated rings. The van der Waals surface area contributed by atoms with Crippen LogP contribution in [0.4, 0.5) is 5.69 Å². The average Bonchev–Trinajstić information content (AvgIpc) is 3.44. The van der Waals surface area contributed by atoms with Gasteiger partial charge in [-0.25, -0.2) is 4.98 Å². The number of fused-ring (bicyclic) bond motifs is 1. The zero-order valence-corrected chi connectivity index (χ0v) is 17.5. The molecule has 0 radical (unpaired) electrons. The van der Waals surface area contributed by atoms with Crippen molar-refractivity contribution in [1.82, 2.24) is 9.55 Å². The average molecular weight is 404 g/mol. The van der Waals surface area contributed by atoms with Gasteiger partial charge in [-0.3, -0.25) is 0 Å². The molecule has 5 rings (SSSR count). The fraction of sp³-hybridized carbons (Fsp3) is 0.400. The van der Waals surface area contributed by atoms with Crippen molar-refractivity contribution in [3.05, 3.63) is 59.9 Å². The highest BCUT2D eigenvalue weighted by molar-refractivity contribution is 5.95. The molecule has 1 saturated carbocycles. The second kappa shape index (κ2) is 8.62. The number of hydrogen-bond donors (Lipinski definition) is 1. The van der Waals surface area contributed by atoms with Crippen LogP contribution in [-0.2, 0) is 9.47 Å². The van der Waals surface area contributed by atoms with Crippen molar-refractivity contribution >= 4 is 22.8 Å². The number of aromatic nitrogens is 2. The van der Waals surface area contributed by atoms with Crippen LogP contribution in [0.25, 0.3) is 22.8 Å². The third-order valence-corrected chi connectivity index (χ3v) is 6.09. The van der Waals surface area contributed by atoms with Gasteiger partial charge >= 0.3 is 0 Å². The summed E-state index contributed by atoms with van der Waals surface area (Å²) < 4.78 is 13.3. The van der Waals surface area contributed by atoms with E-state index in [4.69, 9.17) is 14.5 Å². The number of hydrogen-bond acceptors (Lipinski definition) is 4. The first kappa shape index (κ1) is 19.3. The lowest BCUT2D eigenvalue weighted by atomic mass is 9.95. The van der Waals surface area contributed by atoms with E-state index >= 15 is 0 Å². The lowest BCUT2D eigenvalue weighted by Crippen LogP contribution is -2.23. The molecule has 0 amide bonds. The van der Waals surface area contributed by atoms with Crippen molar-refractivity contribution in [2.75, 3.05) is 18.5 Å². The predicted octanol–water partition coefficient (Wildman–Crippen LogP) is 5.46. The molecule has 0 spiro atoms. The van der Waals surface area contributed by atoms with Gasteiger partial charge in [0.25, 0.3) is 0 Å². The van der Waals surface area contributed by atoms with Crippen LogP contribution in [0, 0.1) is 6.92 Å². The Hall–Kier alpha value is -2.63. The highest BCUT2D eigenvalue weighted by Crippen LogP contribution is 2.32. The lowest BCUT2D eigenvalue weighted by Gasteiger charge is -2.25. The summed E-state index contributed by atoms with van der Waals surface area (Å²) in [6.07, 6.45) is 14.3. The SMILES string of the molecule is Cc1ccc(-n2ccc3c(NC4CCCCC4)c(/C=C\C4OCCO4)cnc32)cc1.